The van der Waals surface area contributed by atoms with Crippen LogP contribution < -0.4 is 5.32 Å². The molecule has 0 aliphatic carbocycles. The fourth-order valence-corrected chi connectivity index (χ4v) is 3.03. The zero-order valence-corrected chi connectivity index (χ0v) is 12.8. The van der Waals surface area contributed by atoms with Crippen molar-refractivity contribution in [3.05, 3.63) is 71.4 Å². The number of pyridine rings is 1. The molecule has 4 nitrogen and oxygen atoms in total. The summed E-state index contributed by atoms with van der Waals surface area (Å²) in [5.41, 5.74) is 1.97. The SMILES string of the molecule is OC[C@@H](NCc1cnc(-c2ccccn2)s1)c1ccccc1. The van der Waals surface area contributed by atoms with Gasteiger partial charge in [0, 0.05) is 23.8 Å². The molecular weight excluding hydrogens is 294 g/mol. The third kappa shape index (κ3) is 3.57. The second kappa shape index (κ2) is 7.26. The van der Waals surface area contributed by atoms with Crippen LogP contribution in [-0.2, 0) is 6.54 Å². The Hall–Kier alpha value is -2.08. The Balaban J connectivity index is 1.65. The molecule has 1 atom stereocenters. The van der Waals surface area contributed by atoms with E-state index < -0.39 is 0 Å². The highest BCUT2D eigenvalue weighted by Crippen LogP contribution is 2.23. The summed E-state index contributed by atoms with van der Waals surface area (Å²) in [6.07, 6.45) is 3.63. The van der Waals surface area contributed by atoms with Gasteiger partial charge in [-0.3, -0.25) is 4.98 Å². The topological polar surface area (TPSA) is 58.0 Å². The maximum Gasteiger partial charge on any atom is 0.142 e. The lowest BCUT2D eigenvalue weighted by Gasteiger charge is -2.15. The van der Waals surface area contributed by atoms with Crippen molar-refractivity contribution < 1.29 is 5.11 Å². The first-order valence-electron chi connectivity index (χ1n) is 7.12. The van der Waals surface area contributed by atoms with Gasteiger partial charge in [0.05, 0.1) is 18.3 Å². The number of hydrogen-bond donors (Lipinski definition) is 2. The molecule has 2 aromatic heterocycles. The largest absolute Gasteiger partial charge is 0.394 e. The minimum Gasteiger partial charge on any atom is -0.394 e. The van der Waals surface area contributed by atoms with Gasteiger partial charge in [0.1, 0.15) is 5.01 Å². The molecule has 3 rings (SSSR count). The highest BCUT2D eigenvalue weighted by Gasteiger charge is 2.11. The molecule has 0 bridgehead atoms. The van der Waals surface area contributed by atoms with Crippen LogP contribution in [0.25, 0.3) is 10.7 Å². The maximum absolute atomic E-state index is 9.56. The lowest BCUT2D eigenvalue weighted by atomic mass is 10.1. The van der Waals surface area contributed by atoms with Crippen molar-refractivity contribution in [2.24, 2.45) is 0 Å². The Labute approximate surface area is 133 Å². The normalized spacial score (nSPS) is 12.2. The zero-order valence-electron chi connectivity index (χ0n) is 12.0. The van der Waals surface area contributed by atoms with Crippen LogP contribution in [0, 0.1) is 0 Å². The molecule has 0 amide bonds. The van der Waals surface area contributed by atoms with Crippen LogP contribution in [0.2, 0.25) is 0 Å². The van der Waals surface area contributed by atoms with E-state index in [-0.39, 0.29) is 12.6 Å². The van der Waals surface area contributed by atoms with Crippen LogP contribution >= 0.6 is 11.3 Å². The number of rotatable bonds is 6. The molecule has 1 aromatic carbocycles. The Kier molecular flexibility index (Phi) is 4.90. The van der Waals surface area contributed by atoms with Crippen molar-refractivity contribution in [1.82, 2.24) is 15.3 Å². The molecule has 0 fully saturated rings. The number of nitrogens with one attached hydrogen (secondary N) is 1. The van der Waals surface area contributed by atoms with E-state index in [4.69, 9.17) is 0 Å². The van der Waals surface area contributed by atoms with Gasteiger partial charge in [-0.2, -0.15) is 0 Å². The first-order valence-corrected chi connectivity index (χ1v) is 7.94. The summed E-state index contributed by atoms with van der Waals surface area (Å²) >= 11 is 1.62. The second-order valence-electron chi connectivity index (χ2n) is 4.87. The van der Waals surface area contributed by atoms with Crippen molar-refractivity contribution in [3.63, 3.8) is 0 Å². The number of nitrogens with zero attached hydrogens (tertiary/aromatic N) is 2. The van der Waals surface area contributed by atoms with Crippen LogP contribution in [0.4, 0.5) is 0 Å². The smallest absolute Gasteiger partial charge is 0.142 e. The number of aliphatic hydroxyl groups is 1. The first-order chi connectivity index (χ1) is 10.9. The molecule has 0 aliphatic rings. The zero-order chi connectivity index (χ0) is 15.2. The molecule has 0 saturated carbocycles. The van der Waals surface area contributed by atoms with Crippen molar-refractivity contribution in [1.29, 1.82) is 0 Å². The average Bonchev–Trinajstić information content (AvgIpc) is 3.06. The summed E-state index contributed by atoms with van der Waals surface area (Å²) in [7, 11) is 0. The second-order valence-corrected chi connectivity index (χ2v) is 5.99. The Morgan fingerprint density at radius 1 is 1.05 bits per heavy atom. The highest BCUT2D eigenvalue weighted by atomic mass is 32.1. The average molecular weight is 311 g/mol. The highest BCUT2D eigenvalue weighted by molar-refractivity contribution is 7.14. The van der Waals surface area contributed by atoms with Crippen LogP contribution in [0.5, 0.6) is 0 Å². The number of aliphatic hydroxyl groups excluding tert-OH is 1. The molecule has 5 heteroatoms. The van der Waals surface area contributed by atoms with Gasteiger partial charge in [0.2, 0.25) is 0 Å². The van der Waals surface area contributed by atoms with Gasteiger partial charge in [-0.25, -0.2) is 4.98 Å². The van der Waals surface area contributed by atoms with Gasteiger partial charge in [-0.1, -0.05) is 36.4 Å². The summed E-state index contributed by atoms with van der Waals surface area (Å²) in [4.78, 5) is 9.85. The van der Waals surface area contributed by atoms with Gasteiger partial charge in [0.15, 0.2) is 0 Å². The fourth-order valence-electron chi connectivity index (χ4n) is 2.19. The number of benzene rings is 1. The molecule has 0 saturated heterocycles. The molecule has 0 aliphatic heterocycles. The lowest BCUT2D eigenvalue weighted by Crippen LogP contribution is -2.23. The Bertz CT molecular complexity index is 700. The van der Waals surface area contributed by atoms with Gasteiger partial charge < -0.3 is 10.4 Å². The summed E-state index contributed by atoms with van der Waals surface area (Å²) in [5, 5.41) is 13.8. The van der Waals surface area contributed by atoms with Gasteiger partial charge in [0.25, 0.3) is 0 Å². The summed E-state index contributed by atoms with van der Waals surface area (Å²) in [6.45, 7) is 0.737. The fraction of sp³-hybridized carbons (Fsp3) is 0.176. The van der Waals surface area contributed by atoms with Crippen molar-refractivity contribution in [2.45, 2.75) is 12.6 Å². The van der Waals surface area contributed by atoms with Gasteiger partial charge in [-0.15, -0.1) is 11.3 Å². The van der Waals surface area contributed by atoms with E-state index in [1.807, 2.05) is 54.7 Å². The van der Waals surface area contributed by atoms with Crippen LogP contribution in [0.1, 0.15) is 16.5 Å². The molecule has 112 valence electrons. The minimum absolute atomic E-state index is 0.0654. The van der Waals surface area contributed by atoms with Gasteiger partial charge >= 0.3 is 0 Å². The van der Waals surface area contributed by atoms with E-state index in [9.17, 15) is 5.11 Å². The van der Waals surface area contributed by atoms with Crippen molar-refractivity contribution >= 4 is 11.3 Å². The van der Waals surface area contributed by atoms with E-state index >= 15 is 0 Å². The molecular formula is C17H17N3OS. The number of aromatic nitrogens is 2. The monoisotopic (exact) mass is 311 g/mol. The predicted octanol–water partition coefficient (Wildman–Crippen LogP) is 3.03. The van der Waals surface area contributed by atoms with E-state index in [1.165, 1.54) is 0 Å². The standard InChI is InChI=1S/C17H17N3OS/c21-12-16(13-6-2-1-3-7-13)19-10-14-11-20-17(22-14)15-8-4-5-9-18-15/h1-9,11,16,19,21H,10,12H2/t16-/m1/s1. The molecule has 3 aromatic rings. The first kappa shape index (κ1) is 14.8. The molecule has 22 heavy (non-hydrogen) atoms. The van der Waals surface area contributed by atoms with E-state index in [0.717, 1.165) is 21.1 Å². The number of thiazole rings is 1. The van der Waals surface area contributed by atoms with Crippen LogP contribution in [0.3, 0.4) is 0 Å². The quantitative estimate of drug-likeness (QED) is 0.734. The summed E-state index contributed by atoms with van der Waals surface area (Å²) in [5.74, 6) is 0. The third-order valence-electron chi connectivity index (χ3n) is 3.34. The minimum atomic E-state index is -0.0680. The predicted molar refractivity (Wildman–Crippen MR) is 88.5 cm³/mol. The molecule has 0 radical (unpaired) electrons. The number of hydrogen-bond acceptors (Lipinski definition) is 5. The Morgan fingerprint density at radius 3 is 2.59 bits per heavy atom. The van der Waals surface area contributed by atoms with Crippen molar-refractivity contribution in [3.8, 4) is 10.7 Å². The van der Waals surface area contributed by atoms with E-state index in [2.05, 4.69) is 15.3 Å². The molecule has 0 unspecified atom stereocenters. The maximum atomic E-state index is 9.56. The van der Waals surface area contributed by atoms with Crippen LogP contribution in [0.15, 0.2) is 60.9 Å². The Morgan fingerprint density at radius 2 is 1.86 bits per heavy atom. The molecule has 2 N–H and O–H groups in total. The third-order valence-corrected chi connectivity index (χ3v) is 4.36. The van der Waals surface area contributed by atoms with Crippen molar-refractivity contribution in [2.75, 3.05) is 6.61 Å². The van der Waals surface area contributed by atoms with Crippen LogP contribution in [-0.4, -0.2) is 21.7 Å². The molecule has 0 spiro atoms. The van der Waals surface area contributed by atoms with E-state index in [0.29, 0.717) is 6.54 Å². The molecule has 2 heterocycles. The lowest BCUT2D eigenvalue weighted by molar-refractivity contribution is 0.244. The summed E-state index contributed by atoms with van der Waals surface area (Å²) in [6, 6.07) is 15.7. The van der Waals surface area contributed by atoms with Gasteiger partial charge in [-0.05, 0) is 17.7 Å². The summed E-state index contributed by atoms with van der Waals surface area (Å²) < 4.78 is 0. The van der Waals surface area contributed by atoms with E-state index in [1.54, 1.807) is 17.5 Å².